The molecule has 1 aliphatic heterocycles. The van der Waals surface area contributed by atoms with Gasteiger partial charge in [0.25, 0.3) is 0 Å². The minimum Gasteiger partial charge on any atom is -0.493 e. The van der Waals surface area contributed by atoms with Crippen molar-refractivity contribution in [2.24, 2.45) is 0 Å². The zero-order valence-corrected chi connectivity index (χ0v) is 18.1. The standard InChI is InChI=1S/C23H23N3O3S/c1-26-9-8-19-18(13-26)22(15-6-7-20(27-2)21(11-15)28-3)17(12-24)23(25-19)30-14-16-5-4-10-29-16/h4-7,10-11H,8-9,13-14H2,1-3H3. The van der Waals surface area contributed by atoms with Crippen molar-refractivity contribution >= 4 is 11.8 Å². The molecule has 0 saturated heterocycles. The van der Waals surface area contributed by atoms with Gasteiger partial charge in [0.05, 0.1) is 31.8 Å². The van der Waals surface area contributed by atoms with Crippen molar-refractivity contribution in [1.82, 2.24) is 9.88 Å². The lowest BCUT2D eigenvalue weighted by atomic mass is 9.91. The van der Waals surface area contributed by atoms with Crippen LogP contribution in [0.4, 0.5) is 0 Å². The SMILES string of the molecule is COc1ccc(-c2c(C#N)c(SCc3ccco3)nc3c2CN(C)CC3)cc1OC. The molecule has 3 heterocycles. The quantitative estimate of drug-likeness (QED) is 0.542. The van der Waals surface area contributed by atoms with Gasteiger partial charge in [0.15, 0.2) is 11.5 Å². The van der Waals surface area contributed by atoms with Crippen molar-refractivity contribution < 1.29 is 13.9 Å². The van der Waals surface area contributed by atoms with Gasteiger partial charge in [-0.1, -0.05) is 17.8 Å². The van der Waals surface area contributed by atoms with E-state index in [9.17, 15) is 5.26 Å². The van der Waals surface area contributed by atoms with Crippen LogP contribution in [-0.2, 0) is 18.7 Å². The van der Waals surface area contributed by atoms with E-state index in [0.717, 1.165) is 52.7 Å². The van der Waals surface area contributed by atoms with Crippen LogP contribution in [0.1, 0.15) is 22.6 Å². The van der Waals surface area contributed by atoms with Crippen molar-refractivity contribution in [3.05, 3.63) is 59.2 Å². The lowest BCUT2D eigenvalue weighted by Gasteiger charge is -2.28. The van der Waals surface area contributed by atoms with Gasteiger partial charge in [-0.25, -0.2) is 4.98 Å². The van der Waals surface area contributed by atoms with E-state index in [0.29, 0.717) is 22.8 Å². The molecule has 0 saturated carbocycles. The number of methoxy groups -OCH3 is 2. The molecule has 7 heteroatoms. The van der Waals surface area contributed by atoms with E-state index >= 15 is 0 Å². The molecule has 0 aliphatic carbocycles. The van der Waals surface area contributed by atoms with E-state index in [1.54, 1.807) is 20.5 Å². The molecule has 0 radical (unpaired) electrons. The Kier molecular flexibility index (Phi) is 5.98. The monoisotopic (exact) mass is 421 g/mol. The second-order valence-corrected chi connectivity index (χ2v) is 8.09. The van der Waals surface area contributed by atoms with Crippen LogP contribution in [0.25, 0.3) is 11.1 Å². The number of thioether (sulfide) groups is 1. The van der Waals surface area contributed by atoms with E-state index in [2.05, 4.69) is 18.0 Å². The maximum atomic E-state index is 10.1. The summed E-state index contributed by atoms with van der Waals surface area (Å²) in [7, 11) is 5.32. The highest BCUT2D eigenvalue weighted by Gasteiger charge is 2.25. The predicted molar refractivity (Wildman–Crippen MR) is 116 cm³/mol. The number of rotatable bonds is 6. The Labute approximate surface area is 180 Å². The minimum atomic E-state index is 0.591. The summed E-state index contributed by atoms with van der Waals surface area (Å²) in [6, 6.07) is 12.0. The van der Waals surface area contributed by atoms with Gasteiger partial charge in [0, 0.05) is 30.8 Å². The van der Waals surface area contributed by atoms with Crippen LogP contribution >= 0.6 is 11.8 Å². The van der Waals surface area contributed by atoms with E-state index in [4.69, 9.17) is 18.9 Å². The van der Waals surface area contributed by atoms with Crippen molar-refractivity contribution in [3.8, 4) is 28.7 Å². The molecule has 0 bridgehead atoms. The van der Waals surface area contributed by atoms with Crippen molar-refractivity contribution in [2.45, 2.75) is 23.7 Å². The molecule has 0 amide bonds. The third-order valence-corrected chi connectivity index (χ3v) is 6.22. The maximum absolute atomic E-state index is 10.1. The van der Waals surface area contributed by atoms with Crippen molar-refractivity contribution in [3.63, 3.8) is 0 Å². The van der Waals surface area contributed by atoms with Gasteiger partial charge in [-0.3, -0.25) is 0 Å². The lowest BCUT2D eigenvalue weighted by molar-refractivity contribution is 0.309. The number of likely N-dealkylation sites (N-methyl/N-ethyl adjacent to an activating group) is 1. The van der Waals surface area contributed by atoms with Crippen LogP contribution in [0.3, 0.4) is 0 Å². The third kappa shape index (κ3) is 3.89. The summed E-state index contributed by atoms with van der Waals surface area (Å²) in [6.07, 6.45) is 2.51. The van der Waals surface area contributed by atoms with Crippen LogP contribution in [0.15, 0.2) is 46.0 Å². The number of furan rings is 1. The van der Waals surface area contributed by atoms with Gasteiger partial charge in [0.2, 0.25) is 0 Å². The molecule has 30 heavy (non-hydrogen) atoms. The number of hydrogen-bond donors (Lipinski definition) is 0. The fourth-order valence-electron chi connectivity index (χ4n) is 3.72. The average molecular weight is 422 g/mol. The smallest absolute Gasteiger partial charge is 0.161 e. The minimum absolute atomic E-state index is 0.591. The lowest BCUT2D eigenvalue weighted by Crippen LogP contribution is -2.28. The fourth-order valence-corrected chi connectivity index (χ4v) is 4.63. The molecule has 2 aromatic heterocycles. The highest BCUT2D eigenvalue weighted by Crippen LogP contribution is 2.40. The molecule has 0 N–H and O–H groups in total. The Balaban J connectivity index is 1.86. The molecular formula is C23H23N3O3S. The van der Waals surface area contributed by atoms with Crippen molar-refractivity contribution in [1.29, 1.82) is 5.26 Å². The number of hydrogen-bond acceptors (Lipinski definition) is 7. The van der Waals surface area contributed by atoms with E-state index < -0.39 is 0 Å². The topological polar surface area (TPSA) is 71.5 Å². The number of ether oxygens (including phenoxy) is 2. The van der Waals surface area contributed by atoms with Gasteiger partial charge >= 0.3 is 0 Å². The number of pyridine rings is 1. The van der Waals surface area contributed by atoms with E-state index in [1.165, 1.54) is 11.8 Å². The highest BCUT2D eigenvalue weighted by molar-refractivity contribution is 7.98. The Morgan fingerprint density at radius 3 is 2.77 bits per heavy atom. The summed E-state index contributed by atoms with van der Waals surface area (Å²) in [4.78, 5) is 7.15. The Morgan fingerprint density at radius 1 is 1.23 bits per heavy atom. The first kappa shape index (κ1) is 20.3. The van der Waals surface area contributed by atoms with Gasteiger partial charge < -0.3 is 18.8 Å². The Bertz CT molecular complexity index is 1090. The summed E-state index contributed by atoms with van der Waals surface area (Å²) in [6.45, 7) is 1.70. The molecule has 0 atom stereocenters. The molecule has 0 unspecified atom stereocenters. The summed E-state index contributed by atoms with van der Waals surface area (Å²) in [5, 5.41) is 10.9. The van der Waals surface area contributed by atoms with E-state index in [1.807, 2.05) is 30.3 Å². The second-order valence-electron chi connectivity index (χ2n) is 7.13. The predicted octanol–water partition coefficient (Wildman–Crippen LogP) is 4.51. The zero-order chi connectivity index (χ0) is 21.1. The molecule has 0 fully saturated rings. The summed E-state index contributed by atoms with van der Waals surface area (Å²) in [5.74, 6) is 2.78. The largest absolute Gasteiger partial charge is 0.493 e. The molecule has 3 aromatic rings. The van der Waals surface area contributed by atoms with Crippen LogP contribution in [0, 0.1) is 11.3 Å². The van der Waals surface area contributed by atoms with Gasteiger partial charge in [-0.15, -0.1) is 0 Å². The zero-order valence-electron chi connectivity index (χ0n) is 17.3. The van der Waals surface area contributed by atoms with Crippen LogP contribution in [-0.4, -0.2) is 37.7 Å². The summed E-state index contributed by atoms with van der Waals surface area (Å²) in [5.41, 5.74) is 4.61. The molecular weight excluding hydrogens is 398 g/mol. The summed E-state index contributed by atoms with van der Waals surface area (Å²) < 4.78 is 16.4. The molecule has 6 nitrogen and oxygen atoms in total. The number of nitrogens with zero attached hydrogens (tertiary/aromatic N) is 3. The Morgan fingerprint density at radius 2 is 2.07 bits per heavy atom. The molecule has 154 valence electrons. The molecule has 4 rings (SSSR count). The molecule has 1 aliphatic rings. The first-order valence-corrected chi connectivity index (χ1v) is 10.6. The number of benzene rings is 1. The van der Waals surface area contributed by atoms with Gasteiger partial charge in [-0.05, 0) is 42.4 Å². The fraction of sp³-hybridized carbons (Fsp3) is 0.304. The number of nitriles is 1. The normalized spacial score (nSPS) is 13.5. The summed E-state index contributed by atoms with van der Waals surface area (Å²) >= 11 is 1.53. The molecule has 0 spiro atoms. The van der Waals surface area contributed by atoms with E-state index in [-0.39, 0.29) is 0 Å². The Hall–Kier alpha value is -2.95. The third-order valence-electron chi connectivity index (χ3n) is 5.22. The highest BCUT2D eigenvalue weighted by atomic mass is 32.2. The maximum Gasteiger partial charge on any atom is 0.161 e. The van der Waals surface area contributed by atoms with Crippen molar-refractivity contribution in [2.75, 3.05) is 27.8 Å². The van der Waals surface area contributed by atoms with Crippen LogP contribution < -0.4 is 9.47 Å². The van der Waals surface area contributed by atoms with Crippen LogP contribution in [0.2, 0.25) is 0 Å². The van der Waals surface area contributed by atoms with Gasteiger partial charge in [-0.2, -0.15) is 5.26 Å². The average Bonchev–Trinajstić information content (AvgIpc) is 3.30. The van der Waals surface area contributed by atoms with Crippen LogP contribution in [0.5, 0.6) is 11.5 Å². The van der Waals surface area contributed by atoms with Gasteiger partial charge in [0.1, 0.15) is 16.9 Å². The number of aromatic nitrogens is 1. The molecule has 1 aromatic carbocycles. The second kappa shape index (κ2) is 8.82. The first-order valence-electron chi connectivity index (χ1n) is 9.66. The first-order chi connectivity index (χ1) is 14.6. The number of fused-ring (bicyclic) bond motifs is 1.